The van der Waals surface area contributed by atoms with Crippen molar-refractivity contribution in [1.29, 1.82) is 0 Å². The third kappa shape index (κ3) is 3.18. The second-order valence-corrected chi connectivity index (χ2v) is 6.94. The standard InChI is InChI=1S/C20H18ClN3O4/c1-27-16-9-13-15(10-17(16)28-2)22-18(11-7-8-11)24(20(13)26)23-19(25)12-5-3-4-6-14(12)21/h3-6,9-11H,7-8H2,1-2H3,(H,23,25). The molecule has 28 heavy (non-hydrogen) atoms. The highest BCUT2D eigenvalue weighted by Crippen LogP contribution is 2.39. The predicted molar refractivity (Wildman–Crippen MR) is 106 cm³/mol. The van der Waals surface area contributed by atoms with Gasteiger partial charge >= 0.3 is 0 Å². The maximum atomic E-state index is 13.2. The summed E-state index contributed by atoms with van der Waals surface area (Å²) in [6.45, 7) is 0. The third-order valence-electron chi connectivity index (χ3n) is 4.67. The maximum absolute atomic E-state index is 13.2. The van der Waals surface area contributed by atoms with Crippen LogP contribution in [0.2, 0.25) is 5.02 Å². The van der Waals surface area contributed by atoms with Crippen molar-refractivity contribution in [2.24, 2.45) is 0 Å². The van der Waals surface area contributed by atoms with E-state index in [1.54, 1.807) is 36.4 Å². The number of rotatable bonds is 5. The van der Waals surface area contributed by atoms with Crippen LogP contribution in [0.3, 0.4) is 0 Å². The van der Waals surface area contributed by atoms with E-state index in [2.05, 4.69) is 10.4 Å². The Labute approximate surface area is 165 Å². The first-order chi connectivity index (χ1) is 13.5. The van der Waals surface area contributed by atoms with Crippen molar-refractivity contribution in [2.75, 3.05) is 19.6 Å². The van der Waals surface area contributed by atoms with E-state index >= 15 is 0 Å². The Morgan fingerprint density at radius 3 is 2.50 bits per heavy atom. The second kappa shape index (κ2) is 7.16. The number of amides is 1. The van der Waals surface area contributed by atoms with E-state index in [9.17, 15) is 9.59 Å². The van der Waals surface area contributed by atoms with Crippen LogP contribution in [-0.2, 0) is 0 Å². The van der Waals surface area contributed by atoms with Crippen molar-refractivity contribution in [3.63, 3.8) is 0 Å². The van der Waals surface area contributed by atoms with Crippen molar-refractivity contribution in [1.82, 2.24) is 9.66 Å². The van der Waals surface area contributed by atoms with Gasteiger partial charge in [0.25, 0.3) is 11.5 Å². The van der Waals surface area contributed by atoms with Crippen LogP contribution in [0.15, 0.2) is 41.2 Å². The molecule has 0 spiro atoms. The molecule has 8 heteroatoms. The van der Waals surface area contributed by atoms with E-state index in [1.807, 2.05) is 0 Å². The molecule has 144 valence electrons. The molecule has 0 bridgehead atoms. The Kier molecular flexibility index (Phi) is 4.68. The lowest BCUT2D eigenvalue weighted by Crippen LogP contribution is -2.36. The van der Waals surface area contributed by atoms with E-state index in [-0.39, 0.29) is 17.0 Å². The van der Waals surface area contributed by atoms with Gasteiger partial charge in [0, 0.05) is 12.0 Å². The monoisotopic (exact) mass is 399 g/mol. The van der Waals surface area contributed by atoms with Gasteiger partial charge in [0.2, 0.25) is 0 Å². The third-order valence-corrected chi connectivity index (χ3v) is 5.00. The average Bonchev–Trinajstić information content (AvgIpc) is 3.54. The van der Waals surface area contributed by atoms with Crippen molar-refractivity contribution >= 4 is 28.4 Å². The zero-order valence-corrected chi connectivity index (χ0v) is 16.1. The number of aromatic nitrogens is 2. The summed E-state index contributed by atoms with van der Waals surface area (Å²) in [5.41, 5.74) is 3.06. The van der Waals surface area contributed by atoms with Crippen molar-refractivity contribution in [2.45, 2.75) is 18.8 Å². The first-order valence-electron chi connectivity index (χ1n) is 8.78. The topological polar surface area (TPSA) is 82.5 Å². The largest absolute Gasteiger partial charge is 0.493 e. The molecule has 3 aromatic rings. The van der Waals surface area contributed by atoms with Crippen LogP contribution >= 0.6 is 11.6 Å². The van der Waals surface area contributed by atoms with E-state index in [4.69, 9.17) is 21.1 Å². The second-order valence-electron chi connectivity index (χ2n) is 6.53. The lowest BCUT2D eigenvalue weighted by Gasteiger charge is -2.16. The smallest absolute Gasteiger partial charge is 0.280 e. The van der Waals surface area contributed by atoms with Gasteiger partial charge in [0.15, 0.2) is 11.5 Å². The van der Waals surface area contributed by atoms with Crippen LogP contribution in [0.4, 0.5) is 0 Å². The van der Waals surface area contributed by atoms with E-state index in [0.717, 1.165) is 12.8 Å². The van der Waals surface area contributed by atoms with Crippen LogP contribution in [0.1, 0.15) is 34.9 Å². The van der Waals surface area contributed by atoms with Crippen LogP contribution in [0.5, 0.6) is 11.5 Å². The first kappa shape index (κ1) is 18.3. The number of ether oxygens (including phenoxy) is 2. The minimum absolute atomic E-state index is 0.122. The average molecular weight is 400 g/mol. The van der Waals surface area contributed by atoms with Crippen LogP contribution in [0.25, 0.3) is 10.9 Å². The number of halogens is 1. The molecule has 0 aliphatic heterocycles. The van der Waals surface area contributed by atoms with Gasteiger partial charge in [0.1, 0.15) is 5.82 Å². The zero-order valence-electron chi connectivity index (χ0n) is 15.4. The summed E-state index contributed by atoms with van der Waals surface area (Å²) in [6.07, 6.45) is 1.82. The fourth-order valence-electron chi connectivity index (χ4n) is 3.06. The predicted octanol–water partition coefficient (Wildman–Crippen LogP) is 3.33. The van der Waals surface area contributed by atoms with Gasteiger partial charge < -0.3 is 9.47 Å². The van der Waals surface area contributed by atoms with Crippen molar-refractivity contribution in [3.8, 4) is 11.5 Å². The molecule has 1 aromatic heterocycles. The summed E-state index contributed by atoms with van der Waals surface area (Å²) in [5, 5.41) is 0.627. The normalized spacial score (nSPS) is 13.4. The highest BCUT2D eigenvalue weighted by Gasteiger charge is 2.30. The van der Waals surface area contributed by atoms with E-state index < -0.39 is 5.91 Å². The molecule has 1 fully saturated rings. The van der Waals surface area contributed by atoms with Gasteiger partial charge in [-0.3, -0.25) is 15.0 Å². The summed E-state index contributed by atoms with van der Waals surface area (Å²) < 4.78 is 11.8. The summed E-state index contributed by atoms with van der Waals surface area (Å²) in [6, 6.07) is 9.90. The summed E-state index contributed by atoms with van der Waals surface area (Å²) in [4.78, 5) is 30.5. The van der Waals surface area contributed by atoms with Crippen LogP contribution < -0.4 is 20.5 Å². The summed E-state index contributed by atoms with van der Waals surface area (Å²) in [5.74, 6) is 1.07. The maximum Gasteiger partial charge on any atom is 0.280 e. The number of benzene rings is 2. The Hall–Kier alpha value is -3.06. The molecular formula is C20H18ClN3O4. The molecule has 0 unspecified atom stereocenters. The first-order valence-corrected chi connectivity index (χ1v) is 9.16. The molecule has 1 heterocycles. The summed E-state index contributed by atoms with van der Waals surface area (Å²) in [7, 11) is 3.02. The van der Waals surface area contributed by atoms with E-state index in [0.29, 0.717) is 33.2 Å². The zero-order chi connectivity index (χ0) is 19.8. The SMILES string of the molecule is COc1cc2nc(C3CC3)n(NC(=O)c3ccccc3Cl)c(=O)c2cc1OC. The molecule has 2 aromatic carbocycles. The van der Waals surface area contributed by atoms with Gasteiger partial charge in [-0.25, -0.2) is 9.66 Å². The lowest BCUT2D eigenvalue weighted by atomic mass is 10.2. The van der Waals surface area contributed by atoms with Gasteiger partial charge in [-0.15, -0.1) is 0 Å². The quantitative estimate of drug-likeness (QED) is 0.711. The lowest BCUT2D eigenvalue weighted by molar-refractivity contribution is 0.101. The Bertz CT molecular complexity index is 1140. The number of hydrogen-bond acceptors (Lipinski definition) is 5. The molecule has 0 atom stereocenters. The van der Waals surface area contributed by atoms with Gasteiger partial charge in [-0.05, 0) is 31.0 Å². The molecule has 7 nitrogen and oxygen atoms in total. The van der Waals surface area contributed by atoms with Crippen LogP contribution in [0, 0.1) is 0 Å². The molecule has 1 aliphatic rings. The van der Waals surface area contributed by atoms with Gasteiger partial charge in [0.05, 0.1) is 35.7 Å². The van der Waals surface area contributed by atoms with Crippen molar-refractivity contribution in [3.05, 3.63) is 63.2 Å². The van der Waals surface area contributed by atoms with Crippen molar-refractivity contribution < 1.29 is 14.3 Å². The van der Waals surface area contributed by atoms with Gasteiger partial charge in [-0.1, -0.05) is 23.7 Å². The highest BCUT2D eigenvalue weighted by molar-refractivity contribution is 6.34. The number of hydrogen-bond donors (Lipinski definition) is 1. The van der Waals surface area contributed by atoms with Gasteiger partial charge in [-0.2, -0.15) is 0 Å². The molecule has 1 N–H and O–H groups in total. The van der Waals surface area contributed by atoms with Crippen LogP contribution in [-0.4, -0.2) is 29.8 Å². The fraction of sp³-hybridized carbons (Fsp3) is 0.250. The molecule has 0 saturated heterocycles. The Morgan fingerprint density at radius 2 is 1.86 bits per heavy atom. The molecule has 1 amide bonds. The minimum atomic E-state index is -0.476. The Balaban J connectivity index is 1.86. The number of methoxy groups -OCH3 is 2. The molecular weight excluding hydrogens is 382 g/mol. The summed E-state index contributed by atoms with van der Waals surface area (Å²) >= 11 is 6.11. The van der Waals surface area contributed by atoms with E-state index in [1.165, 1.54) is 18.9 Å². The number of fused-ring (bicyclic) bond motifs is 1. The Morgan fingerprint density at radius 1 is 1.18 bits per heavy atom. The number of nitrogens with zero attached hydrogens (tertiary/aromatic N) is 2. The molecule has 1 saturated carbocycles. The number of carbonyl (C=O) groups is 1. The highest BCUT2D eigenvalue weighted by atomic mass is 35.5. The fourth-order valence-corrected chi connectivity index (χ4v) is 3.28. The minimum Gasteiger partial charge on any atom is -0.493 e. The number of nitrogens with one attached hydrogen (secondary N) is 1. The molecule has 0 radical (unpaired) electrons. The molecule has 1 aliphatic carbocycles. The molecule has 4 rings (SSSR count). The number of carbonyl (C=O) groups excluding carboxylic acids is 1.